The normalized spacial score (nSPS) is 10.4. The highest BCUT2D eigenvalue weighted by Crippen LogP contribution is 2.24. The summed E-state index contributed by atoms with van der Waals surface area (Å²) in [6.45, 7) is -0.0361. The summed E-state index contributed by atoms with van der Waals surface area (Å²) in [6, 6.07) is 5.62. The predicted octanol–water partition coefficient (Wildman–Crippen LogP) is 1.86. The molecular weight excluding hydrogens is 298 g/mol. The fourth-order valence-electron chi connectivity index (χ4n) is 1.38. The van der Waals surface area contributed by atoms with E-state index in [-0.39, 0.29) is 12.5 Å². The van der Waals surface area contributed by atoms with Crippen LogP contribution < -0.4 is 4.74 Å². The van der Waals surface area contributed by atoms with E-state index in [4.69, 9.17) is 4.74 Å². The second-order valence-corrected chi connectivity index (χ2v) is 4.83. The number of hydrogen-bond acceptors (Lipinski definition) is 4. The Hall–Kier alpha value is -1.69. The van der Waals surface area contributed by atoms with Gasteiger partial charge >= 0.3 is 0 Å². The summed E-state index contributed by atoms with van der Waals surface area (Å²) >= 11 is 3.38. The Morgan fingerprint density at radius 1 is 1.39 bits per heavy atom. The van der Waals surface area contributed by atoms with Gasteiger partial charge in [0, 0.05) is 18.6 Å². The van der Waals surface area contributed by atoms with Gasteiger partial charge in [0.15, 0.2) is 6.61 Å². The first kappa shape index (κ1) is 12.8. The predicted molar refractivity (Wildman–Crippen MR) is 71.4 cm³/mol. The lowest BCUT2D eigenvalue weighted by atomic mass is 10.2. The van der Waals surface area contributed by atoms with Gasteiger partial charge in [0.25, 0.3) is 5.91 Å². The third-order valence-electron chi connectivity index (χ3n) is 2.39. The number of amides is 1. The number of halogens is 1. The van der Waals surface area contributed by atoms with Gasteiger partial charge in [-0.2, -0.15) is 0 Å². The first-order valence-electron chi connectivity index (χ1n) is 5.31. The molecule has 0 atom stereocenters. The molecular formula is C12H12BrN3O2. The minimum absolute atomic E-state index is 0.0361. The standard InChI is InChI=1S/C12H12BrN3O2/c1-16(2)11(17)6-18-12-9-5-8(13)3-4-10(9)14-7-15-12/h3-5,7H,6H2,1-2H3. The topological polar surface area (TPSA) is 55.3 Å². The van der Waals surface area contributed by atoms with Crippen molar-refractivity contribution in [3.8, 4) is 5.88 Å². The van der Waals surface area contributed by atoms with Crippen molar-refractivity contribution in [3.05, 3.63) is 29.0 Å². The Labute approximate surface area is 113 Å². The largest absolute Gasteiger partial charge is 0.467 e. The summed E-state index contributed by atoms with van der Waals surface area (Å²) in [5.41, 5.74) is 0.778. The van der Waals surface area contributed by atoms with Crippen molar-refractivity contribution in [1.82, 2.24) is 14.9 Å². The molecule has 0 spiro atoms. The summed E-state index contributed by atoms with van der Waals surface area (Å²) < 4.78 is 6.34. The highest BCUT2D eigenvalue weighted by Gasteiger charge is 2.09. The Bertz CT molecular complexity index is 587. The SMILES string of the molecule is CN(C)C(=O)COc1ncnc2ccc(Br)cc12. The number of aromatic nitrogens is 2. The molecule has 0 saturated heterocycles. The van der Waals surface area contributed by atoms with E-state index in [0.29, 0.717) is 5.88 Å². The van der Waals surface area contributed by atoms with Crippen LogP contribution in [0.3, 0.4) is 0 Å². The van der Waals surface area contributed by atoms with Crippen LogP contribution in [0.4, 0.5) is 0 Å². The minimum atomic E-state index is -0.114. The van der Waals surface area contributed by atoms with Crippen molar-refractivity contribution in [2.45, 2.75) is 0 Å². The van der Waals surface area contributed by atoms with E-state index in [1.807, 2.05) is 18.2 Å². The van der Waals surface area contributed by atoms with Gasteiger partial charge in [-0.1, -0.05) is 15.9 Å². The van der Waals surface area contributed by atoms with E-state index in [1.165, 1.54) is 11.2 Å². The quantitative estimate of drug-likeness (QED) is 0.868. The second kappa shape index (κ2) is 5.30. The van der Waals surface area contributed by atoms with Crippen LogP contribution in [0.1, 0.15) is 0 Å². The van der Waals surface area contributed by atoms with E-state index in [1.54, 1.807) is 14.1 Å². The molecule has 6 heteroatoms. The molecule has 1 aromatic heterocycles. The van der Waals surface area contributed by atoms with Crippen LogP contribution in [0.15, 0.2) is 29.0 Å². The Balaban J connectivity index is 2.28. The molecule has 2 aromatic rings. The second-order valence-electron chi connectivity index (χ2n) is 3.92. The molecule has 0 aliphatic rings. The van der Waals surface area contributed by atoms with Crippen molar-refractivity contribution in [2.75, 3.05) is 20.7 Å². The number of carbonyl (C=O) groups is 1. The molecule has 0 unspecified atom stereocenters. The molecule has 1 aromatic carbocycles. The summed E-state index contributed by atoms with van der Waals surface area (Å²) in [4.78, 5) is 21.1. The molecule has 0 bridgehead atoms. The highest BCUT2D eigenvalue weighted by molar-refractivity contribution is 9.10. The maximum Gasteiger partial charge on any atom is 0.260 e. The molecule has 2 rings (SSSR count). The number of likely N-dealkylation sites (N-methyl/N-ethyl adjacent to an activating group) is 1. The molecule has 18 heavy (non-hydrogen) atoms. The summed E-state index contributed by atoms with van der Waals surface area (Å²) in [7, 11) is 3.36. The highest BCUT2D eigenvalue weighted by atomic mass is 79.9. The fourth-order valence-corrected chi connectivity index (χ4v) is 1.74. The molecule has 5 nitrogen and oxygen atoms in total. The van der Waals surface area contributed by atoms with Crippen molar-refractivity contribution in [3.63, 3.8) is 0 Å². The molecule has 0 N–H and O–H groups in total. The molecule has 0 saturated carbocycles. The van der Waals surface area contributed by atoms with Crippen LogP contribution in [0.2, 0.25) is 0 Å². The number of fused-ring (bicyclic) bond motifs is 1. The number of benzene rings is 1. The van der Waals surface area contributed by atoms with Crippen molar-refractivity contribution >= 4 is 32.7 Å². The Morgan fingerprint density at radius 2 is 2.17 bits per heavy atom. The van der Waals surface area contributed by atoms with Crippen LogP contribution in [0.25, 0.3) is 10.9 Å². The molecule has 94 valence electrons. The van der Waals surface area contributed by atoms with Gasteiger partial charge in [-0.3, -0.25) is 4.79 Å². The van der Waals surface area contributed by atoms with E-state index >= 15 is 0 Å². The first-order valence-corrected chi connectivity index (χ1v) is 6.10. The van der Waals surface area contributed by atoms with Crippen LogP contribution in [0, 0.1) is 0 Å². The maximum absolute atomic E-state index is 11.5. The molecule has 1 heterocycles. The zero-order valence-corrected chi connectivity index (χ0v) is 11.6. The summed E-state index contributed by atoms with van der Waals surface area (Å²) in [5, 5.41) is 0.776. The lowest BCUT2D eigenvalue weighted by Crippen LogP contribution is -2.27. The van der Waals surface area contributed by atoms with Gasteiger partial charge in [0.1, 0.15) is 6.33 Å². The molecule has 1 amide bonds. The first-order chi connectivity index (χ1) is 8.58. The maximum atomic E-state index is 11.5. The smallest absolute Gasteiger partial charge is 0.260 e. The van der Waals surface area contributed by atoms with Crippen LogP contribution in [-0.4, -0.2) is 41.5 Å². The lowest BCUT2D eigenvalue weighted by molar-refractivity contribution is -0.130. The van der Waals surface area contributed by atoms with Crippen molar-refractivity contribution < 1.29 is 9.53 Å². The van der Waals surface area contributed by atoms with Crippen LogP contribution in [-0.2, 0) is 4.79 Å². The van der Waals surface area contributed by atoms with E-state index in [2.05, 4.69) is 25.9 Å². The molecule has 0 aliphatic heterocycles. The lowest BCUT2D eigenvalue weighted by Gasteiger charge is -2.11. The minimum Gasteiger partial charge on any atom is -0.467 e. The number of rotatable bonds is 3. The third kappa shape index (κ3) is 2.76. The number of hydrogen-bond donors (Lipinski definition) is 0. The fraction of sp³-hybridized carbons (Fsp3) is 0.250. The molecule has 0 aliphatic carbocycles. The number of nitrogens with zero attached hydrogens (tertiary/aromatic N) is 3. The Kier molecular flexibility index (Phi) is 3.76. The van der Waals surface area contributed by atoms with Crippen molar-refractivity contribution in [2.24, 2.45) is 0 Å². The van der Waals surface area contributed by atoms with Gasteiger partial charge in [-0.05, 0) is 18.2 Å². The average Bonchev–Trinajstić information content (AvgIpc) is 2.35. The van der Waals surface area contributed by atoms with Gasteiger partial charge in [0.05, 0.1) is 10.9 Å². The van der Waals surface area contributed by atoms with Gasteiger partial charge in [0.2, 0.25) is 5.88 Å². The number of ether oxygens (including phenoxy) is 1. The van der Waals surface area contributed by atoms with Crippen LogP contribution >= 0.6 is 15.9 Å². The zero-order chi connectivity index (χ0) is 13.1. The summed E-state index contributed by atoms with van der Waals surface area (Å²) in [6.07, 6.45) is 1.42. The van der Waals surface area contributed by atoms with Gasteiger partial charge in [-0.15, -0.1) is 0 Å². The Morgan fingerprint density at radius 3 is 2.89 bits per heavy atom. The van der Waals surface area contributed by atoms with Crippen molar-refractivity contribution in [1.29, 1.82) is 0 Å². The molecule has 0 radical (unpaired) electrons. The molecule has 0 fully saturated rings. The van der Waals surface area contributed by atoms with Crippen LogP contribution in [0.5, 0.6) is 5.88 Å². The van der Waals surface area contributed by atoms with E-state index in [9.17, 15) is 4.79 Å². The third-order valence-corrected chi connectivity index (χ3v) is 2.89. The van der Waals surface area contributed by atoms with E-state index in [0.717, 1.165) is 15.4 Å². The van der Waals surface area contributed by atoms with Gasteiger partial charge in [-0.25, -0.2) is 9.97 Å². The summed E-state index contributed by atoms with van der Waals surface area (Å²) in [5.74, 6) is 0.299. The van der Waals surface area contributed by atoms with E-state index < -0.39 is 0 Å². The van der Waals surface area contributed by atoms with Gasteiger partial charge < -0.3 is 9.64 Å². The zero-order valence-electron chi connectivity index (χ0n) is 10.1. The monoisotopic (exact) mass is 309 g/mol. The number of carbonyl (C=O) groups excluding carboxylic acids is 1. The average molecular weight is 310 g/mol.